The summed E-state index contributed by atoms with van der Waals surface area (Å²) >= 11 is 0. The molecule has 2 aromatic rings. The number of fused-ring (bicyclic) bond motifs is 3. The summed E-state index contributed by atoms with van der Waals surface area (Å²) in [5.74, 6) is -10.1. The van der Waals surface area contributed by atoms with Crippen molar-refractivity contribution in [1.82, 2.24) is 9.80 Å². The Morgan fingerprint density at radius 1 is 1.07 bits per heavy atom. The monoisotopic (exact) mass is 603 g/mol. The van der Waals surface area contributed by atoms with E-state index in [9.17, 15) is 34.2 Å². The van der Waals surface area contributed by atoms with Gasteiger partial charge in [0.15, 0.2) is 34.7 Å². The van der Waals surface area contributed by atoms with Crippen LogP contribution >= 0.6 is 0 Å². The molecule has 4 aliphatic rings. The van der Waals surface area contributed by atoms with Gasteiger partial charge in [-0.1, -0.05) is 12.1 Å². The van der Waals surface area contributed by atoms with Crippen molar-refractivity contribution in [2.45, 2.75) is 43.9 Å². The average Bonchev–Trinajstić information content (AvgIpc) is 3.48. The highest BCUT2D eigenvalue weighted by atomic mass is 16.5. The molecule has 11 nitrogen and oxygen atoms in total. The summed E-state index contributed by atoms with van der Waals surface area (Å²) in [6, 6.07) is 7.90. The van der Waals surface area contributed by atoms with Crippen molar-refractivity contribution in [3.63, 3.8) is 0 Å². The quantitative estimate of drug-likeness (QED) is 0.407. The SMILES string of the molecule is COc1ccc(CN2CCCC2)cc1-c1ccc(O)c2c1C[C@H]1C[C@H]3[C@H](N(C)C)C(=O)C(C(N)=O)C(=O)[C@@]3(O)C(=O)C1C2=O. The minimum atomic E-state index is -2.75. The van der Waals surface area contributed by atoms with Crippen molar-refractivity contribution >= 4 is 29.0 Å². The van der Waals surface area contributed by atoms with Crippen molar-refractivity contribution in [3.05, 3.63) is 47.0 Å². The number of likely N-dealkylation sites (N-methyl/N-ethyl adjacent to an activating group) is 1. The van der Waals surface area contributed by atoms with Crippen LogP contribution in [-0.2, 0) is 32.1 Å². The highest BCUT2D eigenvalue weighted by Gasteiger charge is 2.69. The topological polar surface area (TPSA) is 168 Å². The van der Waals surface area contributed by atoms with Gasteiger partial charge < -0.3 is 20.7 Å². The Hall–Kier alpha value is -3.93. The Labute approximate surface area is 254 Å². The highest BCUT2D eigenvalue weighted by molar-refractivity contribution is 6.32. The van der Waals surface area contributed by atoms with Gasteiger partial charge in [-0.05, 0) is 93.7 Å². The molecule has 232 valence electrons. The van der Waals surface area contributed by atoms with Gasteiger partial charge in [-0.25, -0.2) is 0 Å². The third-order valence-electron chi connectivity index (χ3n) is 10.1. The highest BCUT2D eigenvalue weighted by Crippen LogP contribution is 2.52. The van der Waals surface area contributed by atoms with Gasteiger partial charge in [0, 0.05) is 18.0 Å². The van der Waals surface area contributed by atoms with E-state index in [1.807, 2.05) is 18.2 Å². The second kappa shape index (κ2) is 10.9. The number of carbonyl (C=O) groups is 5. The third kappa shape index (κ3) is 4.40. The van der Waals surface area contributed by atoms with Gasteiger partial charge in [-0.15, -0.1) is 0 Å². The number of phenols is 1. The van der Waals surface area contributed by atoms with Gasteiger partial charge in [0.1, 0.15) is 11.5 Å². The first-order chi connectivity index (χ1) is 20.9. The number of nitrogens with two attached hydrogens (primary N) is 1. The van der Waals surface area contributed by atoms with Gasteiger partial charge in [0.25, 0.3) is 0 Å². The van der Waals surface area contributed by atoms with Gasteiger partial charge in [-0.3, -0.25) is 33.8 Å². The molecule has 2 aromatic carbocycles. The molecule has 3 aliphatic carbocycles. The zero-order chi connectivity index (χ0) is 31.7. The predicted molar refractivity (Wildman–Crippen MR) is 158 cm³/mol. The number of benzene rings is 2. The molecule has 6 rings (SSSR count). The molecule has 1 amide bonds. The molecule has 0 bridgehead atoms. The first-order valence-corrected chi connectivity index (χ1v) is 15.0. The minimum Gasteiger partial charge on any atom is -0.507 e. The molecule has 4 N–H and O–H groups in total. The lowest BCUT2D eigenvalue weighted by molar-refractivity contribution is -0.181. The number of amides is 1. The Morgan fingerprint density at radius 3 is 2.41 bits per heavy atom. The van der Waals surface area contributed by atoms with Gasteiger partial charge in [0.2, 0.25) is 5.91 Å². The smallest absolute Gasteiger partial charge is 0.235 e. The summed E-state index contributed by atoms with van der Waals surface area (Å²) in [5.41, 5.74) is 5.62. The van der Waals surface area contributed by atoms with E-state index in [4.69, 9.17) is 10.5 Å². The molecule has 1 aliphatic heterocycles. The van der Waals surface area contributed by atoms with E-state index in [0.29, 0.717) is 16.9 Å². The lowest BCUT2D eigenvalue weighted by atomic mass is 9.52. The van der Waals surface area contributed by atoms with E-state index < -0.39 is 64.4 Å². The van der Waals surface area contributed by atoms with E-state index in [1.165, 1.54) is 11.0 Å². The Kier molecular flexibility index (Phi) is 7.46. The standard InChI is InChI=1S/C33H37N3O8/c1-35(2)27-21-14-17-13-20-18(19-12-16(6-9-23(19)44-3)15-36-10-4-5-11-36)7-8-22(37)25(20)28(38)24(17)30(40)33(21,43)31(41)26(29(27)39)32(34)42/h6-9,12,17,21,24,26-27,37,43H,4-5,10-11,13-15H2,1-3H3,(H2,34,42)/t17-,21-,24?,26?,27-,33-/m0/s1. The lowest BCUT2D eigenvalue weighted by Crippen LogP contribution is -2.74. The van der Waals surface area contributed by atoms with Gasteiger partial charge >= 0.3 is 0 Å². The summed E-state index contributed by atoms with van der Waals surface area (Å²) < 4.78 is 5.71. The summed E-state index contributed by atoms with van der Waals surface area (Å²) in [7, 11) is 4.68. The number of Topliss-reactive ketones (excluding diaryl/α,β-unsaturated/α-hetero) is 4. The molecule has 44 heavy (non-hydrogen) atoms. The number of ketones is 4. The first-order valence-electron chi connectivity index (χ1n) is 15.0. The molecule has 0 spiro atoms. The fourth-order valence-corrected chi connectivity index (χ4v) is 8.12. The number of ether oxygens (including phenoxy) is 1. The maximum atomic E-state index is 14.1. The van der Waals surface area contributed by atoms with Crippen molar-refractivity contribution < 1.29 is 38.9 Å². The second-order valence-electron chi connectivity index (χ2n) is 12.8. The maximum Gasteiger partial charge on any atom is 0.235 e. The predicted octanol–water partition coefficient (Wildman–Crippen LogP) is 1.14. The molecule has 2 saturated carbocycles. The van der Waals surface area contributed by atoms with E-state index in [1.54, 1.807) is 27.3 Å². The minimum absolute atomic E-state index is 0.00880. The van der Waals surface area contributed by atoms with Crippen LogP contribution in [0.5, 0.6) is 11.5 Å². The van der Waals surface area contributed by atoms with Crippen LogP contribution in [-0.4, -0.2) is 95.0 Å². The van der Waals surface area contributed by atoms with E-state index in [-0.39, 0.29) is 24.2 Å². The summed E-state index contributed by atoms with van der Waals surface area (Å²) in [5, 5.41) is 22.7. The molecule has 11 heteroatoms. The zero-order valence-corrected chi connectivity index (χ0v) is 25.0. The normalized spacial score (nSPS) is 30.2. The number of hydrogen-bond donors (Lipinski definition) is 3. The number of aliphatic hydroxyl groups is 1. The van der Waals surface area contributed by atoms with Crippen molar-refractivity contribution in [3.8, 4) is 22.6 Å². The zero-order valence-electron chi connectivity index (χ0n) is 25.0. The van der Waals surface area contributed by atoms with Crippen LogP contribution in [0.1, 0.15) is 40.7 Å². The molecule has 3 fully saturated rings. The number of methoxy groups -OCH3 is 1. The molecule has 0 aromatic heterocycles. The van der Waals surface area contributed by atoms with Gasteiger partial charge in [-0.2, -0.15) is 0 Å². The first kappa shape index (κ1) is 30.1. The molecule has 0 radical (unpaired) electrons. The van der Waals surface area contributed by atoms with E-state index >= 15 is 0 Å². The van der Waals surface area contributed by atoms with Crippen LogP contribution in [0.3, 0.4) is 0 Å². The van der Waals surface area contributed by atoms with Gasteiger partial charge in [0.05, 0.1) is 24.6 Å². The molecular formula is C33H37N3O8. The average molecular weight is 604 g/mol. The molecule has 1 saturated heterocycles. The number of rotatable bonds is 6. The summed E-state index contributed by atoms with van der Waals surface area (Å²) in [6.45, 7) is 2.80. The van der Waals surface area contributed by atoms with Crippen LogP contribution in [0.4, 0.5) is 0 Å². The van der Waals surface area contributed by atoms with E-state index in [0.717, 1.165) is 43.6 Å². The van der Waals surface area contributed by atoms with Crippen molar-refractivity contribution in [2.24, 2.45) is 29.4 Å². The number of primary amides is 1. The number of hydrogen-bond acceptors (Lipinski definition) is 10. The van der Waals surface area contributed by atoms with Crippen molar-refractivity contribution in [2.75, 3.05) is 34.3 Å². The number of likely N-dealkylation sites (tertiary alicyclic amines) is 1. The largest absolute Gasteiger partial charge is 0.507 e. The van der Waals surface area contributed by atoms with Crippen LogP contribution in [0.25, 0.3) is 11.1 Å². The van der Waals surface area contributed by atoms with Crippen LogP contribution in [0.2, 0.25) is 0 Å². The number of carbonyl (C=O) groups excluding carboxylic acids is 5. The molecule has 2 unspecified atom stereocenters. The fourth-order valence-electron chi connectivity index (χ4n) is 8.12. The van der Waals surface area contributed by atoms with Crippen molar-refractivity contribution in [1.29, 1.82) is 0 Å². The third-order valence-corrected chi connectivity index (χ3v) is 10.1. The lowest BCUT2D eigenvalue weighted by Gasteiger charge is -2.52. The summed E-state index contributed by atoms with van der Waals surface area (Å²) in [6.07, 6.45) is 2.48. The molecular weight excluding hydrogens is 566 g/mol. The second-order valence-corrected chi connectivity index (χ2v) is 12.8. The molecule has 6 atom stereocenters. The number of nitrogens with zero attached hydrogens (tertiary/aromatic N) is 2. The summed E-state index contributed by atoms with van der Waals surface area (Å²) in [4.78, 5) is 71.1. The van der Waals surface area contributed by atoms with Crippen LogP contribution < -0.4 is 10.5 Å². The van der Waals surface area contributed by atoms with E-state index in [2.05, 4.69) is 4.90 Å². The maximum absolute atomic E-state index is 14.1. The number of phenolic OH excluding ortho intramolecular Hbond substituents is 1. The Bertz CT molecular complexity index is 1600. The Morgan fingerprint density at radius 2 is 1.77 bits per heavy atom. The fraction of sp³-hybridized carbons (Fsp3) is 0.485. The van der Waals surface area contributed by atoms with Crippen LogP contribution in [0, 0.1) is 23.7 Å². The number of aromatic hydroxyl groups is 1. The molecule has 1 heterocycles. The Balaban J connectivity index is 1.45. The van der Waals surface area contributed by atoms with Crippen LogP contribution in [0.15, 0.2) is 30.3 Å².